The standard InChI is InChI=1S/C22H28OSi/c1-22(2,3)24(20-14-6-4-7-15-20,21-16-8-5-9-17-21)23-18-19-12-10-11-13-19/h4-11,14-17,19H,12-13,18H2,1-3H3. The summed E-state index contributed by atoms with van der Waals surface area (Å²) >= 11 is 0. The molecule has 0 saturated heterocycles. The molecule has 0 fully saturated rings. The third-order valence-corrected chi connectivity index (χ3v) is 10.1. The summed E-state index contributed by atoms with van der Waals surface area (Å²) < 4.78 is 6.95. The fraction of sp³-hybridized carbons (Fsp3) is 0.364. The third kappa shape index (κ3) is 3.26. The monoisotopic (exact) mass is 336 g/mol. The van der Waals surface area contributed by atoms with E-state index in [9.17, 15) is 0 Å². The van der Waals surface area contributed by atoms with Crippen LogP contribution in [0.2, 0.25) is 5.04 Å². The topological polar surface area (TPSA) is 9.23 Å². The lowest BCUT2D eigenvalue weighted by molar-refractivity contribution is 0.241. The van der Waals surface area contributed by atoms with Crippen LogP contribution < -0.4 is 10.4 Å². The van der Waals surface area contributed by atoms with Crippen molar-refractivity contribution in [1.29, 1.82) is 0 Å². The molecule has 0 amide bonds. The molecule has 126 valence electrons. The van der Waals surface area contributed by atoms with Crippen LogP contribution in [0, 0.1) is 5.92 Å². The Morgan fingerprint density at radius 1 is 0.833 bits per heavy atom. The van der Waals surface area contributed by atoms with Crippen LogP contribution in [0.4, 0.5) is 0 Å². The van der Waals surface area contributed by atoms with Gasteiger partial charge in [0, 0.05) is 6.61 Å². The van der Waals surface area contributed by atoms with Gasteiger partial charge in [-0.15, -0.1) is 0 Å². The Balaban J connectivity index is 2.06. The molecule has 0 unspecified atom stereocenters. The van der Waals surface area contributed by atoms with Crippen LogP contribution in [0.25, 0.3) is 0 Å². The normalized spacial score (nSPS) is 15.8. The summed E-state index contributed by atoms with van der Waals surface area (Å²) in [4.78, 5) is 0. The Morgan fingerprint density at radius 2 is 1.29 bits per heavy atom. The van der Waals surface area contributed by atoms with Gasteiger partial charge in [-0.05, 0) is 34.2 Å². The summed E-state index contributed by atoms with van der Waals surface area (Å²) in [5.74, 6) is 0.631. The highest BCUT2D eigenvalue weighted by molar-refractivity contribution is 6.99. The second-order valence-corrected chi connectivity index (χ2v) is 12.1. The molecule has 1 aliphatic rings. The maximum absolute atomic E-state index is 6.95. The zero-order valence-electron chi connectivity index (χ0n) is 15.0. The third-order valence-electron chi connectivity index (χ3n) is 5.06. The SMILES string of the molecule is CC(C)(C)[Si](OCC1CC=CC1)(c1ccccc1)c1ccccc1. The van der Waals surface area contributed by atoms with E-state index in [0.717, 1.165) is 19.4 Å². The average molecular weight is 337 g/mol. The van der Waals surface area contributed by atoms with Crippen molar-refractivity contribution in [2.75, 3.05) is 6.61 Å². The highest BCUT2D eigenvalue weighted by Gasteiger charge is 2.50. The average Bonchev–Trinajstić information content (AvgIpc) is 3.10. The van der Waals surface area contributed by atoms with E-state index in [1.807, 2.05) is 0 Å². The zero-order valence-corrected chi connectivity index (χ0v) is 16.0. The Hall–Kier alpha value is -1.64. The van der Waals surface area contributed by atoms with Crippen molar-refractivity contribution in [3.8, 4) is 0 Å². The maximum Gasteiger partial charge on any atom is 0.261 e. The first-order valence-corrected chi connectivity index (χ1v) is 10.8. The molecule has 0 saturated carbocycles. The van der Waals surface area contributed by atoms with Crippen molar-refractivity contribution in [2.24, 2.45) is 5.92 Å². The van der Waals surface area contributed by atoms with Gasteiger partial charge in [0.2, 0.25) is 0 Å². The molecule has 0 atom stereocenters. The molecule has 0 aliphatic heterocycles. The number of hydrogen-bond donors (Lipinski definition) is 0. The van der Waals surface area contributed by atoms with Crippen molar-refractivity contribution >= 4 is 18.7 Å². The summed E-state index contributed by atoms with van der Waals surface area (Å²) in [7, 11) is -2.34. The number of allylic oxidation sites excluding steroid dienone is 2. The van der Waals surface area contributed by atoms with Crippen LogP contribution >= 0.6 is 0 Å². The summed E-state index contributed by atoms with van der Waals surface area (Å²) in [6, 6.07) is 21.8. The van der Waals surface area contributed by atoms with E-state index in [1.54, 1.807) is 0 Å². The minimum absolute atomic E-state index is 0.0712. The molecule has 0 bridgehead atoms. The first kappa shape index (κ1) is 17.2. The van der Waals surface area contributed by atoms with Gasteiger partial charge in [0.15, 0.2) is 0 Å². The second-order valence-electron chi connectivity index (χ2n) is 7.78. The number of benzene rings is 2. The number of rotatable bonds is 5. The van der Waals surface area contributed by atoms with Crippen molar-refractivity contribution in [2.45, 2.75) is 38.7 Å². The van der Waals surface area contributed by atoms with Crippen LogP contribution in [0.5, 0.6) is 0 Å². The van der Waals surface area contributed by atoms with Crippen LogP contribution in [0.1, 0.15) is 33.6 Å². The van der Waals surface area contributed by atoms with Gasteiger partial charge >= 0.3 is 0 Å². The van der Waals surface area contributed by atoms with Gasteiger partial charge in [-0.1, -0.05) is 93.6 Å². The number of hydrogen-bond acceptors (Lipinski definition) is 1. The van der Waals surface area contributed by atoms with E-state index in [4.69, 9.17) is 4.43 Å². The predicted molar refractivity (Wildman–Crippen MR) is 105 cm³/mol. The minimum atomic E-state index is -2.34. The van der Waals surface area contributed by atoms with Crippen molar-refractivity contribution in [3.05, 3.63) is 72.8 Å². The van der Waals surface area contributed by atoms with E-state index in [2.05, 4.69) is 93.6 Å². The molecule has 0 radical (unpaired) electrons. The lowest BCUT2D eigenvalue weighted by atomic mass is 10.1. The van der Waals surface area contributed by atoms with Gasteiger partial charge in [0.05, 0.1) is 0 Å². The Morgan fingerprint density at radius 3 is 1.71 bits per heavy atom. The smallest absolute Gasteiger partial charge is 0.261 e. The fourth-order valence-corrected chi connectivity index (χ4v) is 8.46. The molecule has 0 N–H and O–H groups in total. The molecule has 3 rings (SSSR count). The van der Waals surface area contributed by atoms with E-state index in [-0.39, 0.29) is 5.04 Å². The maximum atomic E-state index is 6.95. The molecule has 2 heteroatoms. The lowest BCUT2D eigenvalue weighted by Gasteiger charge is -2.43. The summed E-state index contributed by atoms with van der Waals surface area (Å²) in [5, 5.41) is 2.81. The van der Waals surface area contributed by atoms with Gasteiger partial charge in [-0.25, -0.2) is 0 Å². The summed E-state index contributed by atoms with van der Waals surface area (Å²) in [6.45, 7) is 7.87. The lowest BCUT2D eigenvalue weighted by Crippen LogP contribution is -2.66. The molecule has 0 aromatic heterocycles. The van der Waals surface area contributed by atoms with E-state index in [0.29, 0.717) is 5.92 Å². The molecular formula is C22H28OSi. The van der Waals surface area contributed by atoms with E-state index >= 15 is 0 Å². The molecule has 0 spiro atoms. The van der Waals surface area contributed by atoms with Crippen LogP contribution in [0.15, 0.2) is 72.8 Å². The fourth-order valence-electron chi connectivity index (χ4n) is 3.81. The summed E-state index contributed by atoms with van der Waals surface area (Å²) in [5.41, 5.74) is 0. The molecular weight excluding hydrogens is 308 g/mol. The van der Waals surface area contributed by atoms with Gasteiger partial charge in [-0.3, -0.25) is 0 Å². The van der Waals surface area contributed by atoms with Gasteiger partial charge in [-0.2, -0.15) is 0 Å². The molecule has 2 aromatic carbocycles. The second kappa shape index (κ2) is 7.08. The first-order valence-electron chi connectivity index (χ1n) is 8.94. The van der Waals surface area contributed by atoms with Gasteiger partial charge in [0.25, 0.3) is 8.32 Å². The molecule has 1 nitrogen and oxygen atoms in total. The first-order chi connectivity index (χ1) is 11.5. The minimum Gasteiger partial charge on any atom is -0.407 e. The van der Waals surface area contributed by atoms with E-state index < -0.39 is 8.32 Å². The van der Waals surface area contributed by atoms with Crippen molar-refractivity contribution in [1.82, 2.24) is 0 Å². The molecule has 24 heavy (non-hydrogen) atoms. The highest BCUT2D eigenvalue weighted by atomic mass is 28.4. The van der Waals surface area contributed by atoms with Crippen molar-refractivity contribution in [3.63, 3.8) is 0 Å². The quantitative estimate of drug-likeness (QED) is 0.576. The highest BCUT2D eigenvalue weighted by Crippen LogP contribution is 2.37. The van der Waals surface area contributed by atoms with Crippen LogP contribution in [0.3, 0.4) is 0 Å². The van der Waals surface area contributed by atoms with E-state index in [1.165, 1.54) is 10.4 Å². The zero-order chi connectivity index (χ0) is 17.0. The Kier molecular flexibility index (Phi) is 5.07. The van der Waals surface area contributed by atoms with Gasteiger partial charge < -0.3 is 4.43 Å². The van der Waals surface area contributed by atoms with Crippen molar-refractivity contribution < 1.29 is 4.43 Å². The van der Waals surface area contributed by atoms with Crippen LogP contribution in [-0.4, -0.2) is 14.9 Å². The molecule has 2 aromatic rings. The van der Waals surface area contributed by atoms with Gasteiger partial charge in [0.1, 0.15) is 0 Å². The predicted octanol–water partition coefficient (Wildman–Crippen LogP) is 4.53. The molecule has 0 heterocycles. The Bertz CT molecular complexity index is 623. The molecule has 1 aliphatic carbocycles. The Labute approximate surface area is 147 Å². The van der Waals surface area contributed by atoms with Crippen LogP contribution in [-0.2, 0) is 4.43 Å². The summed E-state index contributed by atoms with van der Waals surface area (Å²) in [6.07, 6.45) is 6.88. The largest absolute Gasteiger partial charge is 0.407 e.